The number of rotatable bonds is 5. The minimum absolute atomic E-state index is 0.304. The predicted molar refractivity (Wildman–Crippen MR) is 115 cm³/mol. The number of carbonyl (C=O) groups excluding carboxylic acids is 1. The van der Waals surface area contributed by atoms with E-state index < -0.39 is 0 Å². The van der Waals surface area contributed by atoms with E-state index in [9.17, 15) is 4.79 Å². The normalized spacial score (nSPS) is 19.6. The second kappa shape index (κ2) is 8.48. The summed E-state index contributed by atoms with van der Waals surface area (Å²) in [5.41, 5.74) is 3.70. The number of nitrogens with zero attached hydrogens (tertiary/aromatic N) is 3. The Morgan fingerprint density at radius 3 is 2.93 bits per heavy atom. The summed E-state index contributed by atoms with van der Waals surface area (Å²) in [5.74, 6) is 2.45. The Bertz CT molecular complexity index is 994. The zero-order valence-electron chi connectivity index (χ0n) is 17.2. The van der Waals surface area contributed by atoms with E-state index in [-0.39, 0.29) is 0 Å². The van der Waals surface area contributed by atoms with Crippen LogP contribution < -0.4 is 0 Å². The second-order valence-electron chi connectivity index (χ2n) is 8.39. The highest BCUT2D eigenvalue weighted by atomic mass is 16.3. The van der Waals surface area contributed by atoms with Crippen LogP contribution in [0.4, 0.5) is 0 Å². The molecule has 1 aromatic carbocycles. The molecule has 6 heteroatoms. The molecule has 3 aromatic rings. The zero-order valence-corrected chi connectivity index (χ0v) is 17.2. The molecule has 1 aliphatic carbocycles. The van der Waals surface area contributed by atoms with E-state index in [2.05, 4.69) is 44.3 Å². The Kier molecular flexibility index (Phi) is 5.41. The van der Waals surface area contributed by atoms with E-state index in [1.165, 1.54) is 11.1 Å². The number of carbonyl (C=O) groups is 1. The zero-order chi connectivity index (χ0) is 20.3. The van der Waals surface area contributed by atoms with Crippen molar-refractivity contribution in [2.45, 2.75) is 38.1 Å². The van der Waals surface area contributed by atoms with Crippen LogP contribution in [0.1, 0.15) is 42.1 Å². The first-order valence-corrected chi connectivity index (χ1v) is 10.9. The lowest BCUT2D eigenvalue weighted by atomic mass is 9.97. The third-order valence-electron chi connectivity index (χ3n) is 6.43. The van der Waals surface area contributed by atoms with Crippen LogP contribution in [0.25, 0.3) is 11.5 Å². The summed E-state index contributed by atoms with van der Waals surface area (Å²) in [6.45, 7) is 4.28. The molecule has 0 spiro atoms. The smallest absolute Gasteiger partial charge is 0.223 e. The monoisotopic (exact) mass is 404 g/mol. The average molecular weight is 405 g/mol. The highest BCUT2D eigenvalue weighted by Crippen LogP contribution is 2.35. The van der Waals surface area contributed by atoms with Crippen molar-refractivity contribution in [2.24, 2.45) is 0 Å². The summed E-state index contributed by atoms with van der Waals surface area (Å²) < 4.78 is 5.97. The number of hydrogen-bond donors (Lipinski definition) is 1. The van der Waals surface area contributed by atoms with Crippen LogP contribution in [0.2, 0.25) is 0 Å². The van der Waals surface area contributed by atoms with Gasteiger partial charge in [0.2, 0.25) is 5.91 Å². The largest absolute Gasteiger partial charge is 0.458 e. The SMILES string of the molecule is O=C(CC1CCc2ccccc21)N1CCCN(Cc2ccc(-c3ccn[nH]3)o2)CC1. The fourth-order valence-corrected chi connectivity index (χ4v) is 4.80. The van der Waals surface area contributed by atoms with Crippen molar-refractivity contribution in [3.8, 4) is 11.5 Å². The number of furan rings is 1. The van der Waals surface area contributed by atoms with Crippen LogP contribution in [-0.4, -0.2) is 52.1 Å². The number of nitrogens with one attached hydrogen (secondary N) is 1. The molecule has 5 rings (SSSR count). The standard InChI is InChI=1S/C24H28N4O2/c29-24(16-19-7-6-18-4-1-2-5-21(18)19)28-13-3-12-27(14-15-28)17-20-8-9-23(30-20)22-10-11-25-26-22/h1-2,4-5,8-11,19H,3,6-7,12-17H2,(H,25,26). The van der Waals surface area contributed by atoms with Gasteiger partial charge in [-0.1, -0.05) is 24.3 Å². The van der Waals surface area contributed by atoms with Crippen molar-refractivity contribution in [1.82, 2.24) is 20.0 Å². The molecular formula is C24H28N4O2. The molecule has 1 fully saturated rings. The second-order valence-corrected chi connectivity index (χ2v) is 8.39. The number of aryl methyl sites for hydroxylation is 1. The maximum atomic E-state index is 13.0. The van der Waals surface area contributed by atoms with Crippen LogP contribution in [0.5, 0.6) is 0 Å². The van der Waals surface area contributed by atoms with Gasteiger partial charge in [0.25, 0.3) is 0 Å². The summed E-state index contributed by atoms with van der Waals surface area (Å²) in [5, 5.41) is 6.91. The maximum absolute atomic E-state index is 13.0. The number of aromatic nitrogens is 2. The Hall–Kier alpha value is -2.86. The lowest BCUT2D eigenvalue weighted by Crippen LogP contribution is -2.35. The highest BCUT2D eigenvalue weighted by Gasteiger charge is 2.27. The van der Waals surface area contributed by atoms with E-state index in [0.717, 1.165) is 69.2 Å². The highest BCUT2D eigenvalue weighted by molar-refractivity contribution is 5.77. The predicted octanol–water partition coefficient (Wildman–Crippen LogP) is 3.82. The number of amides is 1. The topological polar surface area (TPSA) is 65.4 Å². The number of aromatic amines is 1. The molecule has 2 aromatic heterocycles. The van der Waals surface area contributed by atoms with Crippen LogP contribution >= 0.6 is 0 Å². The van der Waals surface area contributed by atoms with E-state index >= 15 is 0 Å². The van der Waals surface area contributed by atoms with E-state index in [0.29, 0.717) is 18.2 Å². The lowest BCUT2D eigenvalue weighted by Gasteiger charge is -2.23. The summed E-state index contributed by atoms with van der Waals surface area (Å²) in [4.78, 5) is 17.4. The Balaban J connectivity index is 1.15. The van der Waals surface area contributed by atoms with Crippen molar-refractivity contribution in [1.29, 1.82) is 0 Å². The summed E-state index contributed by atoms with van der Waals surface area (Å²) in [6, 6.07) is 14.5. The van der Waals surface area contributed by atoms with Gasteiger partial charge in [-0.05, 0) is 54.5 Å². The molecule has 156 valence electrons. The molecule has 2 aliphatic rings. The quantitative estimate of drug-likeness (QED) is 0.702. The Morgan fingerprint density at radius 1 is 1.10 bits per heavy atom. The van der Waals surface area contributed by atoms with Crippen molar-refractivity contribution in [3.05, 3.63) is 65.5 Å². The maximum Gasteiger partial charge on any atom is 0.223 e. The molecular weight excluding hydrogens is 376 g/mol. The van der Waals surface area contributed by atoms with Gasteiger partial charge in [0.1, 0.15) is 11.5 Å². The van der Waals surface area contributed by atoms with Crippen molar-refractivity contribution >= 4 is 5.91 Å². The number of benzene rings is 1. The van der Waals surface area contributed by atoms with Crippen molar-refractivity contribution in [3.63, 3.8) is 0 Å². The minimum Gasteiger partial charge on any atom is -0.458 e. The molecule has 1 N–H and O–H groups in total. The van der Waals surface area contributed by atoms with Gasteiger partial charge in [-0.2, -0.15) is 5.10 Å². The molecule has 3 heterocycles. The average Bonchev–Trinajstić information content (AvgIpc) is 3.48. The molecule has 0 radical (unpaired) electrons. The van der Waals surface area contributed by atoms with Crippen molar-refractivity contribution in [2.75, 3.05) is 26.2 Å². The summed E-state index contributed by atoms with van der Waals surface area (Å²) in [7, 11) is 0. The first-order chi connectivity index (χ1) is 14.8. The molecule has 6 nitrogen and oxygen atoms in total. The first-order valence-electron chi connectivity index (χ1n) is 10.9. The van der Waals surface area contributed by atoms with Crippen LogP contribution in [-0.2, 0) is 17.8 Å². The van der Waals surface area contributed by atoms with Crippen molar-refractivity contribution < 1.29 is 9.21 Å². The van der Waals surface area contributed by atoms with Gasteiger partial charge in [-0.3, -0.25) is 14.8 Å². The molecule has 0 bridgehead atoms. The fraction of sp³-hybridized carbons (Fsp3) is 0.417. The minimum atomic E-state index is 0.304. The van der Waals surface area contributed by atoms with Gasteiger partial charge >= 0.3 is 0 Å². The van der Waals surface area contributed by atoms with E-state index in [4.69, 9.17) is 4.42 Å². The van der Waals surface area contributed by atoms with E-state index in [1.807, 2.05) is 18.2 Å². The molecule has 1 unspecified atom stereocenters. The molecule has 1 saturated heterocycles. The fourth-order valence-electron chi connectivity index (χ4n) is 4.80. The number of fused-ring (bicyclic) bond motifs is 1. The van der Waals surface area contributed by atoms with Gasteiger partial charge in [-0.15, -0.1) is 0 Å². The van der Waals surface area contributed by atoms with E-state index in [1.54, 1.807) is 6.20 Å². The third kappa shape index (κ3) is 4.05. The third-order valence-corrected chi connectivity index (χ3v) is 6.43. The van der Waals surface area contributed by atoms with Gasteiger partial charge in [0.15, 0.2) is 5.76 Å². The van der Waals surface area contributed by atoms with Gasteiger partial charge < -0.3 is 9.32 Å². The van der Waals surface area contributed by atoms with Gasteiger partial charge in [0.05, 0.1) is 6.54 Å². The van der Waals surface area contributed by atoms with Crippen LogP contribution in [0.3, 0.4) is 0 Å². The van der Waals surface area contributed by atoms with Crippen LogP contribution in [0.15, 0.2) is 53.1 Å². The first kappa shape index (κ1) is 19.1. The van der Waals surface area contributed by atoms with Gasteiger partial charge in [0, 0.05) is 38.8 Å². The number of H-pyrrole nitrogens is 1. The molecule has 1 atom stereocenters. The Morgan fingerprint density at radius 2 is 2.03 bits per heavy atom. The van der Waals surface area contributed by atoms with Crippen LogP contribution in [0, 0.1) is 0 Å². The molecule has 1 aliphatic heterocycles. The number of hydrogen-bond acceptors (Lipinski definition) is 4. The Labute approximate surface area is 176 Å². The molecule has 1 amide bonds. The molecule has 30 heavy (non-hydrogen) atoms. The summed E-state index contributed by atoms with van der Waals surface area (Å²) >= 11 is 0. The van der Waals surface area contributed by atoms with Gasteiger partial charge in [-0.25, -0.2) is 0 Å². The summed E-state index contributed by atoms with van der Waals surface area (Å²) in [6.07, 6.45) is 5.57. The molecule has 0 saturated carbocycles. The lowest BCUT2D eigenvalue weighted by molar-refractivity contribution is -0.131.